The molecular formula is C8H4N4. The van der Waals surface area contributed by atoms with Crippen molar-refractivity contribution in [3.63, 3.8) is 0 Å². The van der Waals surface area contributed by atoms with E-state index < -0.39 is 0 Å². The average Bonchev–Trinajstić information content (AvgIpc) is 2.12. The fraction of sp³-hybridized carbons (Fsp3) is 0. The van der Waals surface area contributed by atoms with Crippen LogP contribution in [-0.2, 0) is 0 Å². The highest BCUT2D eigenvalue weighted by Gasteiger charge is 1.54. The summed E-state index contributed by atoms with van der Waals surface area (Å²) < 4.78 is 0. The molecule has 0 atom stereocenters. The van der Waals surface area contributed by atoms with Gasteiger partial charge in [-0.15, -0.1) is 0 Å². The van der Waals surface area contributed by atoms with E-state index in [1.807, 2.05) is 0 Å². The zero-order valence-electron chi connectivity index (χ0n) is 6.10. The molecule has 0 spiro atoms. The number of hydrogen-bond donors (Lipinski definition) is 0. The first kappa shape index (κ1) is 12.1. The number of hydrogen-bond acceptors (Lipinski definition) is 4. The Balaban J connectivity index is 0. The molecule has 0 rings (SSSR count). The van der Waals surface area contributed by atoms with Gasteiger partial charge in [0.15, 0.2) is 0 Å². The normalized spacial score (nSPS) is 7.00. The third kappa shape index (κ3) is 26.1. The van der Waals surface area contributed by atoms with Crippen molar-refractivity contribution in [1.29, 1.82) is 21.0 Å². The largest absolute Gasteiger partial charge is 0.193 e. The minimum absolute atomic E-state index is 1.12. The second-order valence-electron chi connectivity index (χ2n) is 1.18. The molecule has 0 aliphatic rings. The van der Waals surface area contributed by atoms with Crippen molar-refractivity contribution < 1.29 is 0 Å². The van der Waals surface area contributed by atoms with Gasteiger partial charge in [-0.3, -0.25) is 0 Å². The van der Waals surface area contributed by atoms with Gasteiger partial charge in [0, 0.05) is 24.3 Å². The molecule has 0 aromatic carbocycles. The van der Waals surface area contributed by atoms with Gasteiger partial charge in [-0.1, -0.05) is 0 Å². The fourth-order valence-electron chi connectivity index (χ4n) is 0.149. The monoisotopic (exact) mass is 156 g/mol. The lowest BCUT2D eigenvalue weighted by atomic mass is 10.6. The zero-order valence-corrected chi connectivity index (χ0v) is 6.10. The van der Waals surface area contributed by atoms with Gasteiger partial charge in [-0.05, 0) is 0 Å². The Morgan fingerprint density at radius 2 is 0.667 bits per heavy atom. The van der Waals surface area contributed by atoms with Crippen molar-refractivity contribution in [3.8, 4) is 24.3 Å². The molecule has 0 aliphatic heterocycles. The molecule has 0 aliphatic carbocycles. The summed E-state index contributed by atoms with van der Waals surface area (Å²) in [7, 11) is 0. The minimum atomic E-state index is 1.12. The summed E-state index contributed by atoms with van der Waals surface area (Å²) in [6.45, 7) is 0. The Morgan fingerprint density at radius 1 is 0.500 bits per heavy atom. The molecule has 0 fully saturated rings. The summed E-state index contributed by atoms with van der Waals surface area (Å²) in [5.41, 5.74) is 0. The Kier molecular flexibility index (Phi) is 16.0. The zero-order chi connectivity index (χ0) is 9.66. The van der Waals surface area contributed by atoms with Crippen LogP contribution in [0.4, 0.5) is 0 Å². The van der Waals surface area contributed by atoms with E-state index in [1.165, 1.54) is 0 Å². The summed E-state index contributed by atoms with van der Waals surface area (Å²) in [5.74, 6) is 0. The second kappa shape index (κ2) is 15.8. The molecule has 0 bridgehead atoms. The number of nitriles is 4. The van der Waals surface area contributed by atoms with Crippen LogP contribution in [0.1, 0.15) is 0 Å². The van der Waals surface area contributed by atoms with Crippen LogP contribution in [0.2, 0.25) is 0 Å². The molecule has 0 saturated heterocycles. The maximum atomic E-state index is 7.71. The van der Waals surface area contributed by atoms with E-state index in [0.717, 1.165) is 24.3 Å². The molecule has 0 N–H and O–H groups in total. The Morgan fingerprint density at radius 3 is 0.750 bits per heavy atom. The third-order valence-corrected chi connectivity index (χ3v) is 0.465. The quantitative estimate of drug-likeness (QED) is 0.492. The topological polar surface area (TPSA) is 95.2 Å². The molecule has 0 unspecified atom stereocenters. The van der Waals surface area contributed by atoms with Crippen LogP contribution in [0.3, 0.4) is 0 Å². The van der Waals surface area contributed by atoms with E-state index in [4.69, 9.17) is 21.0 Å². The van der Waals surface area contributed by atoms with E-state index in [-0.39, 0.29) is 0 Å². The molecule has 4 heteroatoms. The predicted octanol–water partition coefficient (Wildman–Crippen LogP) is 1.18. The molecule has 0 aromatic heterocycles. The van der Waals surface area contributed by atoms with Gasteiger partial charge in [0.05, 0.1) is 24.3 Å². The predicted molar refractivity (Wildman–Crippen MR) is 40.7 cm³/mol. The molecule has 0 radical (unpaired) electrons. The van der Waals surface area contributed by atoms with E-state index in [2.05, 4.69) is 0 Å². The van der Waals surface area contributed by atoms with E-state index in [9.17, 15) is 0 Å². The second-order valence-corrected chi connectivity index (χ2v) is 1.18. The minimum Gasteiger partial charge on any atom is -0.193 e. The summed E-state index contributed by atoms with van der Waals surface area (Å²) in [6.07, 6.45) is 4.50. The molecule has 0 amide bonds. The maximum absolute atomic E-state index is 7.71. The lowest BCUT2D eigenvalue weighted by molar-refractivity contribution is 1.52. The Bertz CT molecular complexity index is 245. The van der Waals surface area contributed by atoms with Crippen molar-refractivity contribution in [2.75, 3.05) is 0 Å². The van der Waals surface area contributed by atoms with Gasteiger partial charge in [0.2, 0.25) is 0 Å². The van der Waals surface area contributed by atoms with Crippen molar-refractivity contribution in [3.05, 3.63) is 24.3 Å². The lowest BCUT2D eigenvalue weighted by Gasteiger charge is -1.46. The number of nitrogens with zero attached hydrogens (tertiary/aromatic N) is 4. The van der Waals surface area contributed by atoms with Crippen LogP contribution in [0.15, 0.2) is 24.3 Å². The van der Waals surface area contributed by atoms with Crippen LogP contribution < -0.4 is 0 Å². The van der Waals surface area contributed by atoms with Gasteiger partial charge < -0.3 is 0 Å². The van der Waals surface area contributed by atoms with E-state index in [0.29, 0.717) is 0 Å². The molecule has 0 heterocycles. The van der Waals surface area contributed by atoms with Crippen molar-refractivity contribution >= 4 is 0 Å². The first-order valence-corrected chi connectivity index (χ1v) is 2.72. The van der Waals surface area contributed by atoms with Crippen molar-refractivity contribution in [2.24, 2.45) is 0 Å². The lowest BCUT2D eigenvalue weighted by Crippen LogP contribution is -1.40. The van der Waals surface area contributed by atoms with Crippen LogP contribution in [0, 0.1) is 45.3 Å². The highest BCUT2D eigenvalue weighted by molar-refractivity contribution is 5.12. The van der Waals surface area contributed by atoms with E-state index >= 15 is 0 Å². The molecular weight excluding hydrogens is 152 g/mol. The summed E-state index contributed by atoms with van der Waals surface area (Å²) >= 11 is 0. The number of allylic oxidation sites excluding steroid dienone is 4. The third-order valence-electron chi connectivity index (χ3n) is 0.465. The molecule has 4 nitrogen and oxygen atoms in total. The summed E-state index contributed by atoms with van der Waals surface area (Å²) in [5, 5.41) is 30.8. The van der Waals surface area contributed by atoms with Crippen molar-refractivity contribution in [1.82, 2.24) is 0 Å². The van der Waals surface area contributed by atoms with Crippen LogP contribution in [0.5, 0.6) is 0 Å². The summed E-state index contributed by atoms with van der Waals surface area (Å²) in [6, 6.07) is 6.66. The SMILES string of the molecule is N#C/C=C/C#N.N#C/C=C/C#N. The first-order chi connectivity index (χ1) is 5.83. The standard InChI is InChI=1S/2C4H2N2/c2*5-3-1-2-4-6/h2*1-2H/b2*2-1+. The first-order valence-electron chi connectivity index (χ1n) is 2.72. The fourth-order valence-corrected chi connectivity index (χ4v) is 0.149. The van der Waals surface area contributed by atoms with E-state index in [1.54, 1.807) is 24.3 Å². The smallest absolute Gasteiger partial charge is 0.0919 e. The number of rotatable bonds is 0. The Labute approximate surface area is 70.5 Å². The molecule has 56 valence electrons. The van der Waals surface area contributed by atoms with Crippen LogP contribution >= 0.6 is 0 Å². The van der Waals surface area contributed by atoms with Crippen molar-refractivity contribution in [2.45, 2.75) is 0 Å². The van der Waals surface area contributed by atoms with Gasteiger partial charge in [-0.25, -0.2) is 0 Å². The molecule has 12 heavy (non-hydrogen) atoms. The van der Waals surface area contributed by atoms with Crippen LogP contribution in [0.25, 0.3) is 0 Å². The van der Waals surface area contributed by atoms with Crippen LogP contribution in [-0.4, -0.2) is 0 Å². The molecule has 0 saturated carbocycles. The average molecular weight is 156 g/mol. The van der Waals surface area contributed by atoms with Gasteiger partial charge >= 0.3 is 0 Å². The maximum Gasteiger partial charge on any atom is 0.0919 e. The summed E-state index contributed by atoms with van der Waals surface area (Å²) in [4.78, 5) is 0. The Hall–Kier alpha value is -2.56. The van der Waals surface area contributed by atoms with Gasteiger partial charge in [-0.2, -0.15) is 21.0 Å². The van der Waals surface area contributed by atoms with Gasteiger partial charge in [0.25, 0.3) is 0 Å². The van der Waals surface area contributed by atoms with Gasteiger partial charge in [0.1, 0.15) is 0 Å². The highest BCUT2D eigenvalue weighted by atomic mass is 14.2. The molecule has 0 aromatic rings. The highest BCUT2D eigenvalue weighted by Crippen LogP contribution is 1.60.